The number of fused-ring (bicyclic) bond motifs is 1. The van der Waals surface area contributed by atoms with Crippen LogP contribution in [0.4, 0.5) is 11.4 Å². The highest BCUT2D eigenvalue weighted by Crippen LogP contribution is 2.30. The van der Waals surface area contributed by atoms with Gasteiger partial charge in [-0.3, -0.25) is 15.1 Å². The fraction of sp³-hybridized carbons (Fsp3) is 0.357. The predicted molar refractivity (Wildman–Crippen MR) is 84.5 cm³/mol. The largest absolute Gasteiger partial charge is 0.380 e. The van der Waals surface area contributed by atoms with Gasteiger partial charge in [0.15, 0.2) is 0 Å². The van der Waals surface area contributed by atoms with Crippen LogP contribution in [0.25, 0.3) is 10.9 Å². The molecule has 0 bridgehead atoms. The van der Waals surface area contributed by atoms with E-state index in [2.05, 4.69) is 24.1 Å². The number of rotatable bonds is 6. The number of nitro groups is 1. The minimum atomic E-state index is -0.371. The summed E-state index contributed by atoms with van der Waals surface area (Å²) in [6, 6.07) is 7.01. The smallest absolute Gasteiger partial charge is 0.278 e. The third-order valence-corrected chi connectivity index (χ3v) is 4.06. The van der Waals surface area contributed by atoms with E-state index in [-0.39, 0.29) is 16.7 Å². The zero-order chi connectivity index (χ0) is 14.5. The summed E-state index contributed by atoms with van der Waals surface area (Å²) in [5.74, 6) is 2.06. The van der Waals surface area contributed by atoms with Crippen LogP contribution in [-0.2, 0) is 0 Å². The highest BCUT2D eigenvalue weighted by molar-refractivity contribution is 7.99. The van der Waals surface area contributed by atoms with Crippen molar-refractivity contribution in [3.05, 3.63) is 40.6 Å². The minimum Gasteiger partial charge on any atom is -0.380 e. The molecule has 106 valence electrons. The van der Waals surface area contributed by atoms with Gasteiger partial charge in [0, 0.05) is 24.1 Å². The summed E-state index contributed by atoms with van der Waals surface area (Å²) in [4.78, 5) is 15.0. The molecule has 20 heavy (non-hydrogen) atoms. The molecule has 0 aliphatic carbocycles. The summed E-state index contributed by atoms with van der Waals surface area (Å²) in [5, 5.41) is 15.0. The summed E-state index contributed by atoms with van der Waals surface area (Å²) in [7, 11) is 0. The molecule has 0 saturated heterocycles. The molecule has 1 N–H and O–H groups in total. The van der Waals surface area contributed by atoms with Gasteiger partial charge in [-0.2, -0.15) is 11.8 Å². The molecule has 0 amide bonds. The zero-order valence-corrected chi connectivity index (χ0v) is 12.3. The monoisotopic (exact) mass is 291 g/mol. The second kappa shape index (κ2) is 6.56. The summed E-state index contributed by atoms with van der Waals surface area (Å²) >= 11 is 1.86. The van der Waals surface area contributed by atoms with Crippen LogP contribution in [0.15, 0.2) is 30.5 Å². The first-order valence-electron chi connectivity index (χ1n) is 6.50. The molecule has 0 aliphatic rings. The van der Waals surface area contributed by atoms with Gasteiger partial charge in [0.05, 0.1) is 16.0 Å². The molecule has 0 radical (unpaired) electrons. The molecule has 1 atom stereocenters. The van der Waals surface area contributed by atoms with Crippen molar-refractivity contribution in [2.24, 2.45) is 0 Å². The molecule has 2 rings (SSSR count). The average molecular weight is 291 g/mol. The number of nitrogens with zero attached hydrogens (tertiary/aromatic N) is 2. The van der Waals surface area contributed by atoms with Crippen molar-refractivity contribution in [1.29, 1.82) is 0 Å². The zero-order valence-electron chi connectivity index (χ0n) is 11.5. The van der Waals surface area contributed by atoms with E-state index in [0.717, 1.165) is 17.2 Å². The van der Waals surface area contributed by atoms with Gasteiger partial charge in [0.1, 0.15) is 5.52 Å². The van der Waals surface area contributed by atoms with Crippen molar-refractivity contribution in [2.75, 3.05) is 16.8 Å². The van der Waals surface area contributed by atoms with Gasteiger partial charge in [-0.15, -0.1) is 0 Å². The highest BCUT2D eigenvalue weighted by atomic mass is 32.2. The molecule has 5 nitrogen and oxygen atoms in total. The van der Waals surface area contributed by atoms with Crippen LogP contribution in [0.1, 0.15) is 13.8 Å². The summed E-state index contributed by atoms with van der Waals surface area (Å²) < 4.78 is 0. The van der Waals surface area contributed by atoms with E-state index >= 15 is 0 Å². The van der Waals surface area contributed by atoms with Crippen LogP contribution in [0.5, 0.6) is 0 Å². The van der Waals surface area contributed by atoms with Crippen LogP contribution >= 0.6 is 11.8 Å². The molecule has 1 unspecified atom stereocenters. The van der Waals surface area contributed by atoms with E-state index in [1.807, 2.05) is 11.8 Å². The van der Waals surface area contributed by atoms with E-state index in [0.29, 0.717) is 10.9 Å². The number of nitrogens with one attached hydrogen (secondary N) is 1. The van der Waals surface area contributed by atoms with Crippen LogP contribution in [0.2, 0.25) is 0 Å². The van der Waals surface area contributed by atoms with Crippen molar-refractivity contribution in [3.63, 3.8) is 0 Å². The topological polar surface area (TPSA) is 68.1 Å². The fourth-order valence-electron chi connectivity index (χ4n) is 2.04. The maximum absolute atomic E-state index is 11.0. The summed E-state index contributed by atoms with van der Waals surface area (Å²) in [6.07, 6.45) is 1.66. The molecular weight excluding hydrogens is 274 g/mol. The van der Waals surface area contributed by atoms with Crippen molar-refractivity contribution < 1.29 is 4.92 Å². The molecule has 0 aliphatic heterocycles. The molecule has 1 heterocycles. The normalized spacial score (nSPS) is 12.3. The number of hydrogen-bond donors (Lipinski definition) is 1. The minimum absolute atomic E-state index is 0.0919. The van der Waals surface area contributed by atoms with Gasteiger partial charge in [0.2, 0.25) is 0 Å². The molecule has 1 aromatic carbocycles. The predicted octanol–water partition coefficient (Wildman–Crippen LogP) is 3.70. The number of hydrogen-bond acceptors (Lipinski definition) is 5. The fourth-order valence-corrected chi connectivity index (χ4v) is 2.71. The Morgan fingerprint density at radius 2 is 2.25 bits per heavy atom. The lowest BCUT2D eigenvalue weighted by Gasteiger charge is -2.15. The Morgan fingerprint density at radius 1 is 1.45 bits per heavy atom. The number of non-ortho nitro benzene ring substituents is 1. The number of nitro benzene ring substituents is 1. The first-order chi connectivity index (χ1) is 9.63. The van der Waals surface area contributed by atoms with E-state index in [1.54, 1.807) is 24.4 Å². The van der Waals surface area contributed by atoms with Gasteiger partial charge < -0.3 is 5.32 Å². The third kappa shape index (κ3) is 3.19. The van der Waals surface area contributed by atoms with Gasteiger partial charge in [0.25, 0.3) is 5.69 Å². The molecule has 0 spiro atoms. The second-order valence-electron chi connectivity index (χ2n) is 4.49. The molecule has 1 aromatic heterocycles. The maximum Gasteiger partial charge on any atom is 0.278 e. The first kappa shape index (κ1) is 14.6. The Hall–Kier alpha value is -1.82. The molecule has 0 saturated carbocycles. The average Bonchev–Trinajstić information content (AvgIpc) is 2.45. The second-order valence-corrected chi connectivity index (χ2v) is 5.81. The van der Waals surface area contributed by atoms with Gasteiger partial charge >= 0.3 is 0 Å². The number of benzene rings is 1. The summed E-state index contributed by atoms with van der Waals surface area (Å²) in [6.45, 7) is 4.22. The van der Waals surface area contributed by atoms with E-state index in [1.165, 1.54) is 6.07 Å². The highest BCUT2D eigenvalue weighted by Gasteiger charge is 2.15. The van der Waals surface area contributed by atoms with E-state index in [9.17, 15) is 10.1 Å². The maximum atomic E-state index is 11.0. The lowest BCUT2D eigenvalue weighted by molar-refractivity contribution is -0.383. The van der Waals surface area contributed by atoms with E-state index in [4.69, 9.17) is 0 Å². The van der Waals surface area contributed by atoms with Gasteiger partial charge in [-0.25, -0.2) is 0 Å². The van der Waals surface area contributed by atoms with Crippen molar-refractivity contribution in [1.82, 2.24) is 4.98 Å². The third-order valence-electron chi connectivity index (χ3n) is 2.92. The van der Waals surface area contributed by atoms with Crippen LogP contribution in [0.3, 0.4) is 0 Å². The SMILES string of the molecule is CCSCC(C)Nc1ccc([N+](=O)[O-])c2cccnc12. The van der Waals surface area contributed by atoms with Crippen molar-refractivity contribution >= 4 is 34.0 Å². The number of thioether (sulfide) groups is 1. The number of pyridine rings is 1. The van der Waals surface area contributed by atoms with E-state index < -0.39 is 0 Å². The lowest BCUT2D eigenvalue weighted by atomic mass is 10.1. The van der Waals surface area contributed by atoms with Crippen LogP contribution in [0, 0.1) is 10.1 Å². The lowest BCUT2D eigenvalue weighted by Crippen LogP contribution is -2.18. The Labute approximate surface area is 121 Å². The summed E-state index contributed by atoms with van der Waals surface area (Å²) in [5.41, 5.74) is 1.58. The van der Waals surface area contributed by atoms with Crippen molar-refractivity contribution in [2.45, 2.75) is 19.9 Å². The molecule has 2 aromatic rings. The Bertz CT molecular complexity index is 618. The Morgan fingerprint density at radius 3 is 2.95 bits per heavy atom. The number of aromatic nitrogens is 1. The number of anilines is 1. The van der Waals surface area contributed by atoms with Gasteiger partial charge in [-0.05, 0) is 30.9 Å². The molecular formula is C14H17N3O2S. The molecule has 6 heteroatoms. The molecule has 0 fully saturated rings. The van der Waals surface area contributed by atoms with Gasteiger partial charge in [-0.1, -0.05) is 6.92 Å². The van der Waals surface area contributed by atoms with Crippen LogP contribution in [-0.4, -0.2) is 27.5 Å². The first-order valence-corrected chi connectivity index (χ1v) is 7.65. The Kier molecular flexibility index (Phi) is 4.79. The van der Waals surface area contributed by atoms with Crippen LogP contribution < -0.4 is 5.32 Å². The quantitative estimate of drug-likeness (QED) is 0.649. The standard InChI is InChI=1S/C14H17N3O2S/c1-3-20-9-10(2)16-12-6-7-13(17(18)19)11-5-4-8-15-14(11)12/h4-8,10,16H,3,9H2,1-2H3. The Balaban J connectivity index is 2.35. The van der Waals surface area contributed by atoms with Crippen molar-refractivity contribution in [3.8, 4) is 0 Å².